The van der Waals surface area contributed by atoms with E-state index in [1.807, 2.05) is 24.3 Å². The first-order valence-corrected chi connectivity index (χ1v) is 9.76. The summed E-state index contributed by atoms with van der Waals surface area (Å²) in [5.41, 5.74) is 3.55. The summed E-state index contributed by atoms with van der Waals surface area (Å²) in [6.07, 6.45) is 7.16. The second-order valence-electron chi connectivity index (χ2n) is 7.24. The highest BCUT2D eigenvalue weighted by Gasteiger charge is 2.27. The Kier molecular flexibility index (Phi) is 6.00. The molecule has 30 heavy (non-hydrogen) atoms. The van der Waals surface area contributed by atoms with Crippen molar-refractivity contribution in [2.75, 3.05) is 11.9 Å². The van der Waals surface area contributed by atoms with Crippen molar-refractivity contribution in [3.05, 3.63) is 71.9 Å². The molecule has 1 saturated heterocycles. The quantitative estimate of drug-likeness (QED) is 0.533. The highest BCUT2D eigenvalue weighted by Crippen LogP contribution is 2.32. The number of benzene rings is 1. The Bertz CT molecular complexity index is 1040. The van der Waals surface area contributed by atoms with Crippen molar-refractivity contribution in [3.8, 4) is 6.07 Å². The first-order valence-electron chi connectivity index (χ1n) is 9.76. The molecule has 1 fully saturated rings. The minimum absolute atomic E-state index is 0.172. The van der Waals surface area contributed by atoms with Crippen LogP contribution in [0.3, 0.4) is 0 Å². The van der Waals surface area contributed by atoms with Crippen molar-refractivity contribution in [2.45, 2.75) is 25.4 Å². The van der Waals surface area contributed by atoms with E-state index < -0.39 is 7.12 Å². The van der Waals surface area contributed by atoms with Crippen LogP contribution in [0.15, 0.2) is 55.0 Å². The second kappa shape index (κ2) is 9.01. The highest BCUT2D eigenvalue weighted by atomic mass is 16.4. The fraction of sp³-hybridized carbons (Fsp3) is 0.238. The van der Waals surface area contributed by atoms with Gasteiger partial charge >= 0.3 is 7.12 Å². The van der Waals surface area contributed by atoms with E-state index in [0.717, 1.165) is 36.3 Å². The largest absolute Gasteiger partial charge is 0.488 e. The third-order valence-corrected chi connectivity index (χ3v) is 5.16. The monoisotopic (exact) mass is 400 g/mol. The lowest BCUT2D eigenvalue weighted by atomic mass is 9.79. The molecule has 0 radical (unpaired) electrons. The van der Waals surface area contributed by atoms with Gasteiger partial charge < -0.3 is 15.4 Å². The summed E-state index contributed by atoms with van der Waals surface area (Å²) in [5, 5.41) is 30.8. The minimum Gasteiger partial charge on any atom is -0.423 e. The maximum atomic E-state index is 9.40. The number of aromatic nitrogens is 3. The predicted octanol–water partition coefficient (Wildman–Crippen LogP) is 1.50. The molecule has 0 aliphatic carbocycles. The van der Waals surface area contributed by atoms with Crippen molar-refractivity contribution < 1.29 is 10.0 Å². The van der Waals surface area contributed by atoms with Gasteiger partial charge in [-0.05, 0) is 42.5 Å². The van der Waals surface area contributed by atoms with E-state index in [2.05, 4.69) is 25.2 Å². The van der Waals surface area contributed by atoms with Gasteiger partial charge in [0.05, 0.1) is 36.0 Å². The number of anilines is 2. The number of rotatable bonds is 6. The fourth-order valence-electron chi connectivity index (χ4n) is 3.69. The molecule has 8 nitrogen and oxygen atoms in total. The zero-order valence-corrected chi connectivity index (χ0v) is 16.3. The average Bonchev–Trinajstić information content (AvgIpc) is 3.23. The van der Waals surface area contributed by atoms with Gasteiger partial charge in [-0.3, -0.25) is 9.88 Å². The highest BCUT2D eigenvalue weighted by molar-refractivity contribution is 6.58. The van der Waals surface area contributed by atoms with Gasteiger partial charge in [0.2, 0.25) is 0 Å². The maximum absolute atomic E-state index is 9.40. The van der Waals surface area contributed by atoms with Crippen LogP contribution in [-0.4, -0.2) is 43.6 Å². The Balaban J connectivity index is 1.43. The van der Waals surface area contributed by atoms with E-state index in [4.69, 9.17) is 5.26 Å². The van der Waals surface area contributed by atoms with Crippen LogP contribution in [0.1, 0.15) is 35.8 Å². The molecule has 3 aromatic rings. The van der Waals surface area contributed by atoms with E-state index in [-0.39, 0.29) is 6.04 Å². The summed E-state index contributed by atoms with van der Waals surface area (Å²) < 4.78 is 0. The molecule has 3 heterocycles. The summed E-state index contributed by atoms with van der Waals surface area (Å²) in [4.78, 5) is 15.5. The molecule has 1 aromatic carbocycles. The van der Waals surface area contributed by atoms with Crippen molar-refractivity contribution in [1.29, 1.82) is 5.26 Å². The third-order valence-electron chi connectivity index (χ3n) is 5.16. The molecular weight excluding hydrogens is 379 g/mol. The maximum Gasteiger partial charge on any atom is 0.488 e. The lowest BCUT2D eigenvalue weighted by molar-refractivity contribution is 0.244. The van der Waals surface area contributed by atoms with Crippen LogP contribution in [0.4, 0.5) is 11.5 Å². The Morgan fingerprint density at radius 1 is 1.13 bits per heavy atom. The molecule has 4 rings (SSSR count). The number of nitriles is 1. The van der Waals surface area contributed by atoms with Crippen LogP contribution in [-0.2, 0) is 6.54 Å². The Morgan fingerprint density at radius 3 is 2.73 bits per heavy atom. The van der Waals surface area contributed by atoms with Gasteiger partial charge in [0.25, 0.3) is 0 Å². The first kappa shape index (κ1) is 20.0. The normalized spacial score (nSPS) is 16.2. The van der Waals surface area contributed by atoms with Crippen LogP contribution in [0.5, 0.6) is 0 Å². The second-order valence-corrected chi connectivity index (χ2v) is 7.24. The van der Waals surface area contributed by atoms with Crippen LogP contribution in [0.2, 0.25) is 0 Å². The van der Waals surface area contributed by atoms with Gasteiger partial charge in [0, 0.05) is 6.54 Å². The van der Waals surface area contributed by atoms with Gasteiger partial charge in [0.15, 0.2) is 0 Å². The molecule has 2 aromatic heterocycles. The van der Waals surface area contributed by atoms with Gasteiger partial charge in [-0.25, -0.2) is 9.97 Å². The van der Waals surface area contributed by atoms with E-state index >= 15 is 0 Å². The number of nitrogens with zero attached hydrogens (tertiary/aromatic N) is 5. The number of pyridine rings is 1. The van der Waals surface area contributed by atoms with E-state index in [1.165, 1.54) is 0 Å². The summed E-state index contributed by atoms with van der Waals surface area (Å²) in [6.45, 7) is 1.67. The fourth-order valence-corrected chi connectivity index (χ4v) is 3.69. The van der Waals surface area contributed by atoms with Gasteiger partial charge in [0.1, 0.15) is 17.6 Å². The SMILES string of the molecule is N#Cc1ccc(Nc2cnc([C@@H]3CCCN3Cc3cccc(B(O)O)c3)cn2)cn1. The van der Waals surface area contributed by atoms with Gasteiger partial charge in [-0.15, -0.1) is 0 Å². The van der Waals surface area contributed by atoms with E-state index in [9.17, 15) is 10.0 Å². The smallest absolute Gasteiger partial charge is 0.423 e. The lowest BCUT2D eigenvalue weighted by Gasteiger charge is -2.24. The molecule has 1 aliphatic heterocycles. The Hall–Kier alpha value is -3.32. The topological polar surface area (TPSA) is 118 Å². The standard InChI is InChI=1S/C21H21BN6O2/c23-10-17-6-7-18(11-24-17)27-21-13-25-19(12-26-21)20-5-2-8-28(20)14-15-3-1-4-16(9-15)22(29)30/h1,3-4,6-7,9,11-13,20,29-30H,2,5,8,14H2,(H,26,27)/t20-/m0/s1. The molecule has 0 spiro atoms. The van der Waals surface area contributed by atoms with Gasteiger partial charge in [-0.1, -0.05) is 24.3 Å². The Morgan fingerprint density at radius 2 is 2.03 bits per heavy atom. The third kappa shape index (κ3) is 4.63. The van der Waals surface area contributed by atoms with E-state index in [0.29, 0.717) is 23.5 Å². The molecular formula is C21H21BN6O2. The van der Waals surface area contributed by atoms with Crippen molar-refractivity contribution in [2.24, 2.45) is 0 Å². The number of hydrogen-bond donors (Lipinski definition) is 3. The first-order chi connectivity index (χ1) is 14.6. The number of nitrogens with one attached hydrogen (secondary N) is 1. The van der Waals surface area contributed by atoms with Crippen LogP contribution in [0, 0.1) is 11.3 Å². The molecule has 150 valence electrons. The minimum atomic E-state index is -1.46. The molecule has 0 saturated carbocycles. The van der Waals surface area contributed by atoms with Crippen LogP contribution >= 0.6 is 0 Å². The van der Waals surface area contributed by atoms with E-state index in [1.54, 1.807) is 36.8 Å². The molecule has 1 atom stereocenters. The van der Waals surface area contributed by atoms with Crippen molar-refractivity contribution in [1.82, 2.24) is 19.9 Å². The number of hydrogen-bond acceptors (Lipinski definition) is 8. The predicted molar refractivity (Wildman–Crippen MR) is 113 cm³/mol. The summed E-state index contributed by atoms with van der Waals surface area (Å²) >= 11 is 0. The van der Waals surface area contributed by atoms with Crippen molar-refractivity contribution >= 4 is 24.1 Å². The molecule has 0 bridgehead atoms. The average molecular weight is 400 g/mol. The van der Waals surface area contributed by atoms with Crippen molar-refractivity contribution in [3.63, 3.8) is 0 Å². The molecule has 1 aliphatic rings. The molecule has 0 amide bonds. The van der Waals surface area contributed by atoms with Gasteiger partial charge in [-0.2, -0.15) is 5.26 Å². The summed E-state index contributed by atoms with van der Waals surface area (Å²) in [5.74, 6) is 0.611. The zero-order valence-electron chi connectivity index (χ0n) is 16.3. The molecule has 9 heteroatoms. The zero-order chi connectivity index (χ0) is 20.9. The lowest BCUT2D eigenvalue weighted by Crippen LogP contribution is -2.31. The summed E-state index contributed by atoms with van der Waals surface area (Å²) in [7, 11) is -1.46. The molecule has 3 N–H and O–H groups in total. The summed E-state index contributed by atoms with van der Waals surface area (Å²) in [6, 6.07) is 12.9. The molecule has 0 unspecified atom stereocenters. The number of likely N-dealkylation sites (tertiary alicyclic amines) is 1. The van der Waals surface area contributed by atoms with Crippen LogP contribution in [0.25, 0.3) is 0 Å². The van der Waals surface area contributed by atoms with Crippen LogP contribution < -0.4 is 10.8 Å². The Labute approximate surface area is 175 Å².